The van der Waals surface area contributed by atoms with E-state index in [1.54, 1.807) is 12.3 Å². The van der Waals surface area contributed by atoms with Crippen LogP contribution in [0.25, 0.3) is 10.2 Å². The van der Waals surface area contributed by atoms with Gasteiger partial charge in [0.2, 0.25) is 0 Å². The molecule has 3 N–H and O–H groups in total. The van der Waals surface area contributed by atoms with Gasteiger partial charge in [0.05, 0.1) is 16.3 Å². The van der Waals surface area contributed by atoms with Crippen LogP contribution in [0.3, 0.4) is 0 Å². The van der Waals surface area contributed by atoms with Crippen LogP contribution in [-0.2, 0) is 0 Å². The van der Waals surface area contributed by atoms with E-state index in [2.05, 4.69) is 15.3 Å². The number of nitrogen functional groups attached to an aromatic ring is 1. The van der Waals surface area contributed by atoms with Crippen molar-refractivity contribution in [2.75, 3.05) is 5.73 Å². The van der Waals surface area contributed by atoms with Gasteiger partial charge in [-0.25, -0.2) is 9.97 Å². The number of carbonyl (C=O) groups is 1. The fraction of sp³-hybridized carbons (Fsp3) is 0.154. The molecule has 20 heavy (non-hydrogen) atoms. The number of nitrogens with one attached hydrogen (secondary N) is 1. The molecule has 0 aliphatic carbocycles. The number of hydrogen-bond acceptors (Lipinski definition) is 6. The van der Waals surface area contributed by atoms with Crippen molar-refractivity contribution in [3.63, 3.8) is 0 Å². The number of aromatic nitrogens is 2. The van der Waals surface area contributed by atoms with Gasteiger partial charge in [0.1, 0.15) is 5.01 Å². The first-order valence-corrected chi connectivity index (χ1v) is 7.69. The van der Waals surface area contributed by atoms with Crippen molar-refractivity contribution < 1.29 is 4.79 Å². The molecule has 1 atom stereocenters. The smallest absolute Gasteiger partial charge is 0.251 e. The van der Waals surface area contributed by atoms with Crippen molar-refractivity contribution in [2.45, 2.75) is 13.0 Å². The van der Waals surface area contributed by atoms with Crippen molar-refractivity contribution in [2.24, 2.45) is 0 Å². The zero-order valence-corrected chi connectivity index (χ0v) is 12.3. The van der Waals surface area contributed by atoms with E-state index in [0.717, 1.165) is 15.2 Å². The van der Waals surface area contributed by atoms with Crippen LogP contribution in [0, 0.1) is 0 Å². The van der Waals surface area contributed by atoms with Gasteiger partial charge in [0.15, 0.2) is 5.13 Å². The maximum Gasteiger partial charge on any atom is 0.251 e. The maximum absolute atomic E-state index is 12.2. The Bertz CT molecular complexity index is 751. The molecule has 102 valence electrons. The Morgan fingerprint density at radius 1 is 1.45 bits per heavy atom. The van der Waals surface area contributed by atoms with E-state index in [1.807, 2.05) is 24.4 Å². The first-order chi connectivity index (χ1) is 9.63. The Labute approximate surface area is 123 Å². The molecule has 3 rings (SSSR count). The second kappa shape index (κ2) is 5.18. The minimum absolute atomic E-state index is 0.107. The third kappa shape index (κ3) is 2.50. The Kier molecular flexibility index (Phi) is 3.37. The number of carbonyl (C=O) groups excluding carboxylic acids is 1. The van der Waals surface area contributed by atoms with Gasteiger partial charge >= 0.3 is 0 Å². The number of fused-ring (bicyclic) bond motifs is 1. The molecule has 3 aromatic rings. The van der Waals surface area contributed by atoms with Gasteiger partial charge in [-0.15, -0.1) is 11.3 Å². The minimum Gasteiger partial charge on any atom is -0.375 e. The highest BCUT2D eigenvalue weighted by atomic mass is 32.1. The summed E-state index contributed by atoms with van der Waals surface area (Å²) in [5, 5.41) is 6.22. The molecule has 0 radical (unpaired) electrons. The van der Waals surface area contributed by atoms with E-state index in [1.165, 1.54) is 22.7 Å². The van der Waals surface area contributed by atoms with Gasteiger partial charge in [0.25, 0.3) is 5.91 Å². The predicted octanol–water partition coefficient (Wildman–Crippen LogP) is 2.83. The lowest BCUT2D eigenvalue weighted by atomic mass is 10.2. The second-order valence-electron chi connectivity index (χ2n) is 4.30. The van der Waals surface area contributed by atoms with E-state index < -0.39 is 0 Å². The predicted molar refractivity (Wildman–Crippen MR) is 82.0 cm³/mol. The van der Waals surface area contributed by atoms with Crippen LogP contribution in [0.15, 0.2) is 29.8 Å². The average Bonchev–Trinajstić information content (AvgIpc) is 3.05. The van der Waals surface area contributed by atoms with Gasteiger partial charge in [0, 0.05) is 17.1 Å². The Hall–Kier alpha value is -1.99. The third-order valence-corrected chi connectivity index (χ3v) is 4.64. The van der Waals surface area contributed by atoms with E-state index in [4.69, 9.17) is 5.73 Å². The molecule has 5 nitrogen and oxygen atoms in total. The molecule has 0 aliphatic rings. The molecule has 0 aliphatic heterocycles. The van der Waals surface area contributed by atoms with Crippen molar-refractivity contribution in [3.05, 3.63) is 40.3 Å². The molecular formula is C13H12N4OS2. The van der Waals surface area contributed by atoms with Crippen LogP contribution < -0.4 is 11.1 Å². The molecule has 1 unspecified atom stereocenters. The Morgan fingerprint density at radius 2 is 2.30 bits per heavy atom. The molecule has 1 amide bonds. The van der Waals surface area contributed by atoms with Crippen LogP contribution in [0.1, 0.15) is 28.3 Å². The quantitative estimate of drug-likeness (QED) is 0.779. The van der Waals surface area contributed by atoms with Crippen molar-refractivity contribution >= 4 is 43.9 Å². The number of benzene rings is 1. The molecule has 0 fully saturated rings. The molecule has 0 bridgehead atoms. The van der Waals surface area contributed by atoms with Crippen LogP contribution in [0.4, 0.5) is 5.13 Å². The van der Waals surface area contributed by atoms with E-state index in [0.29, 0.717) is 10.7 Å². The molecule has 1 aromatic carbocycles. The number of amides is 1. The van der Waals surface area contributed by atoms with E-state index in [-0.39, 0.29) is 11.9 Å². The fourth-order valence-corrected chi connectivity index (χ4v) is 3.29. The summed E-state index contributed by atoms with van der Waals surface area (Å²) in [6.07, 6.45) is 1.73. The normalized spacial score (nSPS) is 12.4. The molecular weight excluding hydrogens is 292 g/mol. The maximum atomic E-state index is 12.2. The second-order valence-corrected chi connectivity index (χ2v) is 6.29. The van der Waals surface area contributed by atoms with Gasteiger partial charge in [-0.3, -0.25) is 4.79 Å². The van der Waals surface area contributed by atoms with Gasteiger partial charge in [-0.1, -0.05) is 11.3 Å². The summed E-state index contributed by atoms with van der Waals surface area (Å²) >= 11 is 2.90. The van der Waals surface area contributed by atoms with Crippen LogP contribution in [0.5, 0.6) is 0 Å². The van der Waals surface area contributed by atoms with E-state index in [9.17, 15) is 4.79 Å². The number of anilines is 1. The SMILES string of the molecule is CC(NC(=O)c1ccc2nc(N)sc2c1)c1nccs1. The Morgan fingerprint density at radius 3 is 3.05 bits per heavy atom. The highest BCUT2D eigenvalue weighted by Crippen LogP contribution is 2.25. The standard InChI is InChI=1S/C13H12N4OS2/c1-7(12-15-4-5-19-12)16-11(18)8-2-3-9-10(6-8)20-13(14)17-9/h2-7H,1H3,(H2,14,17)(H,16,18). The summed E-state index contributed by atoms with van der Waals surface area (Å²) in [6.45, 7) is 1.92. The van der Waals surface area contributed by atoms with Gasteiger partial charge < -0.3 is 11.1 Å². The zero-order valence-electron chi connectivity index (χ0n) is 10.7. The molecule has 0 saturated carbocycles. The molecule has 0 spiro atoms. The first kappa shape index (κ1) is 13.0. The minimum atomic E-state index is -0.124. The topological polar surface area (TPSA) is 80.9 Å². The van der Waals surface area contributed by atoms with Gasteiger partial charge in [-0.2, -0.15) is 0 Å². The number of hydrogen-bond donors (Lipinski definition) is 2. The summed E-state index contributed by atoms with van der Waals surface area (Å²) in [5.41, 5.74) is 7.08. The zero-order chi connectivity index (χ0) is 14.1. The largest absolute Gasteiger partial charge is 0.375 e. The van der Waals surface area contributed by atoms with Crippen molar-refractivity contribution in [3.8, 4) is 0 Å². The fourth-order valence-electron chi connectivity index (χ4n) is 1.87. The summed E-state index contributed by atoms with van der Waals surface area (Å²) in [4.78, 5) is 20.6. The summed E-state index contributed by atoms with van der Waals surface area (Å²) in [7, 11) is 0. The van der Waals surface area contributed by atoms with Crippen molar-refractivity contribution in [1.29, 1.82) is 0 Å². The summed E-state index contributed by atoms with van der Waals surface area (Å²) in [5.74, 6) is -0.124. The first-order valence-electron chi connectivity index (χ1n) is 6.00. The van der Waals surface area contributed by atoms with Crippen LogP contribution >= 0.6 is 22.7 Å². The summed E-state index contributed by atoms with van der Waals surface area (Å²) < 4.78 is 0.914. The lowest BCUT2D eigenvalue weighted by Gasteiger charge is -2.11. The lowest BCUT2D eigenvalue weighted by molar-refractivity contribution is 0.0940. The number of rotatable bonds is 3. The molecule has 2 aromatic heterocycles. The van der Waals surface area contributed by atoms with Crippen LogP contribution in [0.2, 0.25) is 0 Å². The van der Waals surface area contributed by atoms with Gasteiger partial charge in [-0.05, 0) is 25.1 Å². The third-order valence-electron chi connectivity index (χ3n) is 2.84. The van der Waals surface area contributed by atoms with Crippen LogP contribution in [-0.4, -0.2) is 15.9 Å². The van der Waals surface area contributed by atoms with Crippen molar-refractivity contribution in [1.82, 2.24) is 15.3 Å². The highest BCUT2D eigenvalue weighted by Gasteiger charge is 2.14. The monoisotopic (exact) mass is 304 g/mol. The summed E-state index contributed by atoms with van der Waals surface area (Å²) in [6, 6.07) is 5.27. The molecule has 7 heteroatoms. The number of nitrogens with zero attached hydrogens (tertiary/aromatic N) is 2. The lowest BCUT2D eigenvalue weighted by Crippen LogP contribution is -2.26. The number of nitrogens with two attached hydrogens (primary N) is 1. The molecule has 0 saturated heterocycles. The van der Waals surface area contributed by atoms with E-state index >= 15 is 0 Å². The molecule has 2 heterocycles. The average molecular weight is 304 g/mol. The Balaban J connectivity index is 1.81. The number of thiazole rings is 2. The highest BCUT2D eigenvalue weighted by molar-refractivity contribution is 7.22.